The van der Waals surface area contributed by atoms with Crippen molar-refractivity contribution in [1.29, 1.82) is 0 Å². The predicted molar refractivity (Wildman–Crippen MR) is 112 cm³/mol. The fourth-order valence-electron chi connectivity index (χ4n) is 4.24. The Morgan fingerprint density at radius 3 is 2.50 bits per heavy atom. The van der Waals surface area contributed by atoms with E-state index in [0.29, 0.717) is 17.9 Å². The molecule has 3 aromatic rings. The molecule has 0 radical (unpaired) electrons. The van der Waals surface area contributed by atoms with Crippen LogP contribution < -0.4 is 0 Å². The molecule has 1 aliphatic rings. The van der Waals surface area contributed by atoms with Crippen molar-refractivity contribution < 1.29 is 8.78 Å². The Balaban J connectivity index is 1.55. The fraction of sp³-hybridized carbons (Fsp3) is 0.280. The van der Waals surface area contributed by atoms with Crippen molar-refractivity contribution in [3.8, 4) is 11.1 Å². The topological polar surface area (TPSA) is 0 Å². The highest BCUT2D eigenvalue weighted by atomic mass is 35.5. The van der Waals surface area contributed by atoms with Crippen molar-refractivity contribution in [2.45, 2.75) is 44.9 Å². The molecule has 0 saturated heterocycles. The summed E-state index contributed by atoms with van der Waals surface area (Å²) in [5, 5.41) is 0.202. The molecule has 4 rings (SSSR count). The number of hydrogen-bond acceptors (Lipinski definition) is 0. The summed E-state index contributed by atoms with van der Waals surface area (Å²) in [6.45, 7) is 2.09. The summed E-state index contributed by atoms with van der Waals surface area (Å²) in [5.41, 5.74) is 5.58. The summed E-state index contributed by atoms with van der Waals surface area (Å²) in [6, 6.07) is 17.3. The van der Waals surface area contributed by atoms with Crippen molar-refractivity contribution in [2.75, 3.05) is 0 Å². The third kappa shape index (κ3) is 3.71. The van der Waals surface area contributed by atoms with Crippen molar-refractivity contribution in [3.63, 3.8) is 0 Å². The van der Waals surface area contributed by atoms with Gasteiger partial charge in [0.2, 0.25) is 0 Å². The van der Waals surface area contributed by atoms with Crippen molar-refractivity contribution in [1.82, 2.24) is 0 Å². The lowest BCUT2D eigenvalue weighted by Gasteiger charge is -2.25. The van der Waals surface area contributed by atoms with Crippen LogP contribution in [0.2, 0.25) is 5.02 Å². The molecule has 0 amide bonds. The monoisotopic (exact) mass is 396 g/mol. The Hall–Kier alpha value is -2.19. The highest BCUT2D eigenvalue weighted by Gasteiger charge is 2.23. The van der Waals surface area contributed by atoms with Crippen LogP contribution >= 0.6 is 11.6 Å². The molecular weight excluding hydrogens is 374 g/mol. The van der Waals surface area contributed by atoms with Gasteiger partial charge in [-0.05, 0) is 71.6 Å². The SMILES string of the molecule is CCCc1ccc(-c2ccc(C3CCc4c(ccc(Cl)c4F)C3)cc2)c(F)c1. The smallest absolute Gasteiger partial charge is 0.145 e. The fourth-order valence-corrected chi connectivity index (χ4v) is 4.41. The summed E-state index contributed by atoms with van der Waals surface area (Å²) in [7, 11) is 0. The predicted octanol–water partition coefficient (Wildman–Crippen LogP) is 7.51. The van der Waals surface area contributed by atoms with Gasteiger partial charge in [0, 0.05) is 5.56 Å². The van der Waals surface area contributed by atoms with Crippen molar-refractivity contribution in [3.05, 3.63) is 93.5 Å². The van der Waals surface area contributed by atoms with Gasteiger partial charge in [0.1, 0.15) is 11.6 Å². The van der Waals surface area contributed by atoms with Gasteiger partial charge < -0.3 is 0 Å². The van der Waals surface area contributed by atoms with Gasteiger partial charge in [-0.2, -0.15) is 0 Å². The lowest BCUT2D eigenvalue weighted by atomic mass is 9.80. The zero-order chi connectivity index (χ0) is 19.7. The van der Waals surface area contributed by atoms with Gasteiger partial charge in [-0.3, -0.25) is 0 Å². The van der Waals surface area contributed by atoms with Gasteiger partial charge in [-0.15, -0.1) is 0 Å². The molecule has 0 spiro atoms. The molecule has 0 heterocycles. The Bertz CT molecular complexity index is 992. The molecule has 28 heavy (non-hydrogen) atoms. The minimum Gasteiger partial charge on any atom is -0.206 e. The number of aryl methyl sites for hydroxylation is 1. The van der Waals surface area contributed by atoms with Crippen LogP contribution in [0.4, 0.5) is 8.78 Å². The molecule has 1 aliphatic carbocycles. The van der Waals surface area contributed by atoms with Gasteiger partial charge in [0.15, 0.2) is 0 Å². The Morgan fingerprint density at radius 2 is 1.79 bits per heavy atom. The van der Waals surface area contributed by atoms with Crippen LogP contribution in [0.1, 0.15) is 47.9 Å². The van der Waals surface area contributed by atoms with E-state index in [9.17, 15) is 8.78 Å². The van der Waals surface area contributed by atoms with Crippen molar-refractivity contribution in [2.24, 2.45) is 0 Å². The van der Waals surface area contributed by atoms with Crippen LogP contribution in [-0.4, -0.2) is 0 Å². The maximum atomic E-state index is 14.5. The van der Waals surface area contributed by atoms with E-state index in [0.717, 1.165) is 47.9 Å². The molecule has 3 aromatic carbocycles. The maximum Gasteiger partial charge on any atom is 0.145 e. The van der Waals surface area contributed by atoms with E-state index in [4.69, 9.17) is 11.6 Å². The highest BCUT2D eigenvalue weighted by Crippen LogP contribution is 2.36. The first-order valence-corrected chi connectivity index (χ1v) is 10.3. The molecule has 0 aromatic heterocycles. The minimum absolute atomic E-state index is 0.169. The number of rotatable bonds is 4. The molecule has 0 saturated carbocycles. The zero-order valence-corrected chi connectivity index (χ0v) is 16.7. The van der Waals surface area contributed by atoms with E-state index in [-0.39, 0.29) is 16.7 Å². The van der Waals surface area contributed by atoms with Gasteiger partial charge in [-0.25, -0.2) is 8.78 Å². The van der Waals surface area contributed by atoms with E-state index in [2.05, 4.69) is 19.1 Å². The van der Waals surface area contributed by atoms with Crippen LogP contribution in [0.5, 0.6) is 0 Å². The van der Waals surface area contributed by atoms with Crippen LogP contribution in [0.15, 0.2) is 54.6 Å². The molecule has 0 nitrogen and oxygen atoms in total. The third-order valence-corrected chi connectivity index (χ3v) is 6.06. The number of hydrogen-bond donors (Lipinski definition) is 0. The first-order valence-electron chi connectivity index (χ1n) is 9.91. The quantitative estimate of drug-likeness (QED) is 0.428. The van der Waals surface area contributed by atoms with Crippen LogP contribution in [-0.2, 0) is 19.3 Å². The molecule has 0 aliphatic heterocycles. The van der Waals surface area contributed by atoms with E-state index < -0.39 is 0 Å². The second kappa shape index (κ2) is 8.05. The van der Waals surface area contributed by atoms with E-state index >= 15 is 0 Å². The summed E-state index contributed by atoms with van der Waals surface area (Å²) < 4.78 is 28.7. The molecule has 0 fully saturated rings. The highest BCUT2D eigenvalue weighted by molar-refractivity contribution is 6.30. The summed E-state index contributed by atoms with van der Waals surface area (Å²) in [5.74, 6) is -0.0912. The number of benzene rings is 3. The Labute approximate surface area is 170 Å². The maximum absolute atomic E-state index is 14.5. The number of fused-ring (bicyclic) bond motifs is 1. The Morgan fingerprint density at radius 1 is 1.00 bits per heavy atom. The molecular formula is C25H23ClF2. The molecule has 1 unspecified atom stereocenters. The van der Waals surface area contributed by atoms with E-state index in [1.807, 2.05) is 30.3 Å². The molecule has 0 bridgehead atoms. The lowest BCUT2D eigenvalue weighted by Crippen LogP contribution is -2.14. The average molecular weight is 397 g/mol. The minimum atomic E-state index is -0.269. The van der Waals surface area contributed by atoms with E-state index in [1.165, 1.54) is 5.56 Å². The van der Waals surface area contributed by atoms with Crippen molar-refractivity contribution >= 4 is 11.6 Å². The summed E-state index contributed by atoms with van der Waals surface area (Å²) in [4.78, 5) is 0. The van der Waals surface area contributed by atoms with Crippen LogP contribution in [0.3, 0.4) is 0 Å². The molecule has 3 heteroatoms. The number of halogens is 3. The first-order chi connectivity index (χ1) is 13.6. The molecule has 1 atom stereocenters. The largest absolute Gasteiger partial charge is 0.206 e. The summed E-state index contributed by atoms with van der Waals surface area (Å²) in [6.07, 6.45) is 4.30. The van der Waals surface area contributed by atoms with Gasteiger partial charge in [0.25, 0.3) is 0 Å². The van der Waals surface area contributed by atoms with Gasteiger partial charge >= 0.3 is 0 Å². The summed E-state index contributed by atoms with van der Waals surface area (Å²) >= 11 is 5.91. The zero-order valence-electron chi connectivity index (χ0n) is 15.9. The molecule has 144 valence electrons. The second-order valence-corrected chi connectivity index (χ2v) is 8.03. The first kappa shape index (κ1) is 19.1. The lowest BCUT2D eigenvalue weighted by molar-refractivity contribution is 0.542. The second-order valence-electron chi connectivity index (χ2n) is 7.62. The standard InChI is InChI=1S/C25H23ClF2/c1-2-3-16-4-11-21(24(27)14-16)18-7-5-17(6-8-18)19-9-12-22-20(15-19)10-13-23(26)25(22)28/h4-8,10-11,13-14,19H,2-3,9,12,15H2,1H3. The average Bonchev–Trinajstić information content (AvgIpc) is 2.71. The Kier molecular flexibility index (Phi) is 5.50. The third-order valence-electron chi connectivity index (χ3n) is 5.77. The van der Waals surface area contributed by atoms with Gasteiger partial charge in [0.05, 0.1) is 5.02 Å². The normalized spacial score (nSPS) is 16.1. The van der Waals surface area contributed by atoms with E-state index in [1.54, 1.807) is 12.1 Å². The van der Waals surface area contributed by atoms with Crippen LogP contribution in [0, 0.1) is 11.6 Å². The van der Waals surface area contributed by atoms with Gasteiger partial charge in [-0.1, -0.05) is 67.4 Å². The van der Waals surface area contributed by atoms with Crippen LogP contribution in [0.25, 0.3) is 11.1 Å². The molecule has 0 N–H and O–H groups in total.